The van der Waals surface area contributed by atoms with Crippen LogP contribution in [-0.2, 0) is 4.79 Å². The fraction of sp³-hybridized carbons (Fsp3) is 0.933. The van der Waals surface area contributed by atoms with E-state index in [1.54, 1.807) is 0 Å². The van der Waals surface area contributed by atoms with E-state index in [4.69, 9.17) is 0 Å². The number of carbonyl (C=O) groups is 1. The van der Waals surface area contributed by atoms with Gasteiger partial charge in [0.15, 0.2) is 0 Å². The van der Waals surface area contributed by atoms with Gasteiger partial charge in [-0.1, -0.05) is 19.3 Å². The van der Waals surface area contributed by atoms with E-state index in [1.807, 2.05) is 11.9 Å². The van der Waals surface area contributed by atoms with Crippen LogP contribution in [0.2, 0.25) is 0 Å². The molecule has 0 atom stereocenters. The highest BCUT2D eigenvalue weighted by Crippen LogP contribution is 2.27. The Hall–Kier alpha value is -0.570. The molecule has 0 aromatic rings. The summed E-state index contributed by atoms with van der Waals surface area (Å²) in [6.07, 6.45) is 9.65. The monoisotopic (exact) mass is 252 g/mol. The number of carbonyl (C=O) groups excluding carboxylic acids is 1. The van der Waals surface area contributed by atoms with Crippen LogP contribution < -0.4 is 0 Å². The van der Waals surface area contributed by atoms with Crippen molar-refractivity contribution in [3.8, 4) is 0 Å². The lowest BCUT2D eigenvalue weighted by atomic mass is 9.86. The molecule has 1 amide bonds. The van der Waals surface area contributed by atoms with Crippen LogP contribution in [0.4, 0.5) is 0 Å². The molecule has 3 heteroatoms. The Morgan fingerprint density at radius 3 is 2.33 bits per heavy atom. The average molecular weight is 252 g/mol. The highest BCUT2D eigenvalue weighted by Gasteiger charge is 2.26. The van der Waals surface area contributed by atoms with Crippen molar-refractivity contribution in [2.24, 2.45) is 5.92 Å². The average Bonchev–Trinajstić information content (AvgIpc) is 2.40. The zero-order valence-corrected chi connectivity index (χ0v) is 12.0. The predicted octanol–water partition coefficient (Wildman–Crippen LogP) is 2.51. The van der Waals surface area contributed by atoms with Gasteiger partial charge in [-0.05, 0) is 51.7 Å². The third kappa shape index (κ3) is 3.71. The zero-order valence-electron chi connectivity index (χ0n) is 12.0. The van der Waals surface area contributed by atoms with Crippen molar-refractivity contribution in [3.05, 3.63) is 0 Å². The largest absolute Gasteiger partial charge is 0.343 e. The summed E-state index contributed by atoms with van der Waals surface area (Å²) in [7, 11) is 4.18. The summed E-state index contributed by atoms with van der Waals surface area (Å²) in [5.74, 6) is 1.05. The topological polar surface area (TPSA) is 23.6 Å². The van der Waals surface area contributed by atoms with Crippen LogP contribution in [0.1, 0.15) is 51.4 Å². The lowest BCUT2D eigenvalue weighted by molar-refractivity contribution is -0.134. The summed E-state index contributed by atoms with van der Waals surface area (Å²) in [5.41, 5.74) is 0. The smallest absolute Gasteiger partial charge is 0.222 e. The Balaban J connectivity index is 1.77. The van der Waals surface area contributed by atoms with Crippen molar-refractivity contribution in [2.45, 2.75) is 57.4 Å². The van der Waals surface area contributed by atoms with E-state index in [1.165, 1.54) is 32.1 Å². The lowest BCUT2D eigenvalue weighted by Crippen LogP contribution is -2.44. The molecule has 2 fully saturated rings. The van der Waals surface area contributed by atoms with Crippen molar-refractivity contribution in [1.29, 1.82) is 0 Å². The Kier molecular flexibility index (Phi) is 5.04. The van der Waals surface area contributed by atoms with E-state index < -0.39 is 0 Å². The van der Waals surface area contributed by atoms with Crippen molar-refractivity contribution < 1.29 is 4.79 Å². The molecular formula is C15H28N2O. The summed E-state index contributed by atoms with van der Waals surface area (Å²) in [6, 6.07) is 0.484. The minimum Gasteiger partial charge on any atom is -0.343 e. The maximum absolute atomic E-state index is 12.3. The number of hydrogen-bond acceptors (Lipinski definition) is 2. The first-order chi connectivity index (χ1) is 8.66. The normalized spacial score (nSPS) is 24.1. The highest BCUT2D eigenvalue weighted by atomic mass is 16.2. The van der Waals surface area contributed by atoms with Crippen LogP contribution in [0.3, 0.4) is 0 Å². The zero-order chi connectivity index (χ0) is 13.0. The summed E-state index contributed by atoms with van der Waals surface area (Å²) in [4.78, 5) is 16.7. The first kappa shape index (κ1) is 13.9. The molecule has 1 aliphatic heterocycles. The first-order valence-corrected chi connectivity index (χ1v) is 7.61. The van der Waals surface area contributed by atoms with Gasteiger partial charge in [0, 0.05) is 19.5 Å². The summed E-state index contributed by atoms with van der Waals surface area (Å²) < 4.78 is 0. The number of rotatable bonds is 3. The first-order valence-electron chi connectivity index (χ1n) is 7.61. The van der Waals surface area contributed by atoms with Crippen molar-refractivity contribution in [2.75, 3.05) is 27.2 Å². The molecule has 1 aliphatic carbocycles. The Bertz CT molecular complexity index is 266. The van der Waals surface area contributed by atoms with Crippen molar-refractivity contribution in [1.82, 2.24) is 9.80 Å². The molecule has 1 saturated carbocycles. The van der Waals surface area contributed by atoms with E-state index in [0.717, 1.165) is 32.4 Å². The number of amides is 1. The third-order valence-electron chi connectivity index (χ3n) is 4.82. The van der Waals surface area contributed by atoms with Crippen LogP contribution in [0, 0.1) is 5.92 Å². The minimum absolute atomic E-state index is 0.386. The van der Waals surface area contributed by atoms with Gasteiger partial charge in [0.05, 0.1) is 0 Å². The van der Waals surface area contributed by atoms with Gasteiger partial charge in [-0.3, -0.25) is 4.79 Å². The number of likely N-dealkylation sites (tertiary alicyclic amines) is 1. The molecular weight excluding hydrogens is 224 g/mol. The Morgan fingerprint density at radius 2 is 1.72 bits per heavy atom. The molecule has 2 rings (SSSR count). The van der Waals surface area contributed by atoms with Gasteiger partial charge in [0.25, 0.3) is 0 Å². The lowest BCUT2D eigenvalue weighted by Gasteiger charge is -2.36. The maximum Gasteiger partial charge on any atom is 0.222 e. The van der Waals surface area contributed by atoms with Gasteiger partial charge in [-0.25, -0.2) is 0 Å². The molecule has 0 spiro atoms. The summed E-state index contributed by atoms with van der Waals surface area (Å²) >= 11 is 0. The third-order valence-corrected chi connectivity index (χ3v) is 4.82. The van der Waals surface area contributed by atoms with Crippen molar-refractivity contribution in [3.63, 3.8) is 0 Å². The molecule has 1 saturated heterocycles. The number of nitrogens with zero attached hydrogens (tertiary/aromatic N) is 2. The van der Waals surface area contributed by atoms with E-state index >= 15 is 0 Å². The standard InChI is InChI=1S/C15H28N2O/c1-16-10-8-14(9-11-16)17(2)15(18)12-13-6-4-3-5-7-13/h13-14H,3-12H2,1-2H3. The van der Waals surface area contributed by atoms with Crippen LogP contribution in [0.15, 0.2) is 0 Å². The Morgan fingerprint density at radius 1 is 1.11 bits per heavy atom. The molecule has 0 aromatic carbocycles. The molecule has 3 nitrogen and oxygen atoms in total. The fourth-order valence-corrected chi connectivity index (χ4v) is 3.37. The van der Waals surface area contributed by atoms with Crippen molar-refractivity contribution >= 4 is 5.91 Å². The quantitative estimate of drug-likeness (QED) is 0.770. The van der Waals surface area contributed by atoms with Gasteiger partial charge >= 0.3 is 0 Å². The molecule has 0 unspecified atom stereocenters. The van der Waals surface area contributed by atoms with Gasteiger partial charge in [-0.2, -0.15) is 0 Å². The predicted molar refractivity (Wildman–Crippen MR) is 74.5 cm³/mol. The van der Waals surface area contributed by atoms with Crippen LogP contribution in [0.5, 0.6) is 0 Å². The molecule has 18 heavy (non-hydrogen) atoms. The molecule has 2 aliphatic rings. The second-order valence-electron chi connectivity index (χ2n) is 6.25. The highest BCUT2D eigenvalue weighted by molar-refractivity contribution is 5.76. The molecule has 0 bridgehead atoms. The van der Waals surface area contributed by atoms with Crippen LogP contribution in [-0.4, -0.2) is 48.9 Å². The molecule has 104 valence electrons. The van der Waals surface area contributed by atoms with E-state index in [9.17, 15) is 4.79 Å². The van der Waals surface area contributed by atoms with Crippen LogP contribution >= 0.6 is 0 Å². The van der Waals surface area contributed by atoms with Gasteiger partial charge < -0.3 is 9.80 Å². The number of hydrogen-bond donors (Lipinski definition) is 0. The molecule has 0 N–H and O–H groups in total. The molecule has 1 heterocycles. The van der Waals surface area contributed by atoms with E-state index in [0.29, 0.717) is 17.9 Å². The number of piperidine rings is 1. The van der Waals surface area contributed by atoms with E-state index in [-0.39, 0.29) is 0 Å². The molecule has 0 radical (unpaired) electrons. The second-order valence-corrected chi connectivity index (χ2v) is 6.25. The molecule has 0 aromatic heterocycles. The van der Waals surface area contributed by atoms with Gasteiger partial charge in [0.2, 0.25) is 5.91 Å². The summed E-state index contributed by atoms with van der Waals surface area (Å²) in [5, 5.41) is 0. The minimum atomic E-state index is 0.386. The SMILES string of the molecule is CN1CCC(N(C)C(=O)CC2CCCCC2)CC1. The second kappa shape index (κ2) is 6.55. The maximum atomic E-state index is 12.3. The summed E-state index contributed by atoms with van der Waals surface area (Å²) in [6.45, 7) is 2.26. The fourth-order valence-electron chi connectivity index (χ4n) is 3.37. The van der Waals surface area contributed by atoms with E-state index in [2.05, 4.69) is 11.9 Å². The Labute approximate surface area is 112 Å². The van der Waals surface area contributed by atoms with Gasteiger partial charge in [0.1, 0.15) is 0 Å². The van der Waals surface area contributed by atoms with Crippen LogP contribution in [0.25, 0.3) is 0 Å². The van der Waals surface area contributed by atoms with Gasteiger partial charge in [-0.15, -0.1) is 0 Å².